The molecule has 0 saturated carbocycles. The molecule has 40 heavy (non-hydrogen) atoms. The van der Waals surface area contributed by atoms with Gasteiger partial charge in [-0.2, -0.15) is 0 Å². The van der Waals surface area contributed by atoms with Crippen LogP contribution in [0.1, 0.15) is 73.6 Å². The molecular formula is C27H53N3O10. The van der Waals surface area contributed by atoms with Crippen molar-refractivity contribution in [3.63, 3.8) is 0 Å². The Bertz CT molecular complexity index is 687. The number of ketones is 1. The minimum Gasteiger partial charge on any atom is -0.481 e. The standard InChI is InChI=1S/C18H32N2O9.C7H15NO.C2H6/c1-15(21)13-28-11-9-27-8-6-20-17(23)14-29-12-10-26-7-5-19-16(22)3-2-4-18(24)25;1-4-7(2,3)5-6(8)9;1-2/h2-14H2,1H3,(H,19,22)(H,20,23)(H,24,25);4-5H2,1-3H3,(H2,8,9);1-2H3. The average molecular weight is 580 g/mol. The van der Waals surface area contributed by atoms with Crippen LogP contribution in [-0.2, 0) is 42.9 Å². The van der Waals surface area contributed by atoms with Gasteiger partial charge >= 0.3 is 5.97 Å². The highest BCUT2D eigenvalue weighted by molar-refractivity contribution is 5.77. The maximum atomic E-state index is 11.5. The molecule has 3 amide bonds. The zero-order valence-electron chi connectivity index (χ0n) is 25.3. The number of carboxylic acids is 1. The van der Waals surface area contributed by atoms with E-state index in [2.05, 4.69) is 17.6 Å². The van der Waals surface area contributed by atoms with Crippen molar-refractivity contribution < 1.29 is 48.0 Å². The van der Waals surface area contributed by atoms with Gasteiger partial charge in [-0.15, -0.1) is 0 Å². The van der Waals surface area contributed by atoms with E-state index in [0.29, 0.717) is 52.4 Å². The summed E-state index contributed by atoms with van der Waals surface area (Å²) in [6.07, 6.45) is 1.93. The predicted molar refractivity (Wildman–Crippen MR) is 151 cm³/mol. The second kappa shape index (κ2) is 29.4. The van der Waals surface area contributed by atoms with Crippen LogP contribution in [0.4, 0.5) is 0 Å². The molecule has 0 bridgehead atoms. The van der Waals surface area contributed by atoms with Crippen molar-refractivity contribution in [3.05, 3.63) is 0 Å². The molecular weight excluding hydrogens is 526 g/mol. The van der Waals surface area contributed by atoms with E-state index in [0.717, 1.165) is 6.42 Å². The average Bonchev–Trinajstić information content (AvgIpc) is 2.87. The van der Waals surface area contributed by atoms with Crippen LogP contribution >= 0.6 is 0 Å². The fraction of sp³-hybridized carbons (Fsp3) is 0.815. The molecule has 0 unspecified atom stereocenters. The van der Waals surface area contributed by atoms with Crippen molar-refractivity contribution in [1.29, 1.82) is 0 Å². The highest BCUT2D eigenvalue weighted by atomic mass is 16.5. The summed E-state index contributed by atoms with van der Waals surface area (Å²) in [4.78, 5) is 54.3. The number of primary amides is 1. The lowest BCUT2D eigenvalue weighted by molar-refractivity contribution is -0.137. The SMILES string of the molecule is CC.CC(=O)COCCOCCNC(=O)COCCOCCNC(=O)CCCC(=O)O.CCC(C)(C)CC(N)=O. The predicted octanol–water partition coefficient (Wildman–Crippen LogP) is 1.45. The molecule has 0 aliphatic carbocycles. The molecule has 0 radical (unpaired) electrons. The van der Waals surface area contributed by atoms with Crippen LogP contribution in [0.15, 0.2) is 0 Å². The van der Waals surface area contributed by atoms with Crippen molar-refractivity contribution in [3.8, 4) is 0 Å². The first kappa shape index (κ1) is 41.9. The quantitative estimate of drug-likeness (QED) is 0.129. The number of ether oxygens (including phenoxy) is 4. The number of aliphatic carboxylic acids is 1. The first-order valence-corrected chi connectivity index (χ1v) is 13.7. The van der Waals surface area contributed by atoms with Crippen LogP contribution in [0.2, 0.25) is 0 Å². The number of carbonyl (C=O) groups is 5. The van der Waals surface area contributed by atoms with Gasteiger partial charge in [-0.3, -0.25) is 24.0 Å². The minimum absolute atomic E-state index is 0.0287. The van der Waals surface area contributed by atoms with Gasteiger partial charge in [0, 0.05) is 32.4 Å². The summed E-state index contributed by atoms with van der Waals surface area (Å²) in [5.41, 5.74) is 5.10. The van der Waals surface area contributed by atoms with E-state index in [9.17, 15) is 24.0 Å². The molecule has 0 saturated heterocycles. The Morgan fingerprint density at radius 3 is 1.65 bits per heavy atom. The number of nitrogens with two attached hydrogens (primary N) is 1. The van der Waals surface area contributed by atoms with E-state index in [1.54, 1.807) is 0 Å². The maximum Gasteiger partial charge on any atom is 0.303 e. The zero-order valence-corrected chi connectivity index (χ0v) is 25.3. The molecule has 0 rings (SSSR count). The summed E-state index contributed by atoms with van der Waals surface area (Å²) in [6, 6.07) is 0. The van der Waals surface area contributed by atoms with Gasteiger partial charge in [0.2, 0.25) is 17.7 Å². The lowest BCUT2D eigenvalue weighted by Crippen LogP contribution is -2.31. The normalized spacial score (nSPS) is 10.3. The van der Waals surface area contributed by atoms with Gasteiger partial charge in [0.1, 0.15) is 13.2 Å². The number of rotatable bonds is 23. The number of carbonyl (C=O) groups excluding carboxylic acids is 4. The van der Waals surface area contributed by atoms with Gasteiger partial charge in [0.05, 0.1) is 39.6 Å². The molecule has 0 atom stereocenters. The first-order chi connectivity index (χ1) is 18.9. The molecule has 0 fully saturated rings. The number of hydrogen-bond acceptors (Lipinski definition) is 9. The lowest BCUT2D eigenvalue weighted by atomic mass is 9.86. The molecule has 236 valence electrons. The lowest BCUT2D eigenvalue weighted by Gasteiger charge is -2.19. The van der Waals surface area contributed by atoms with E-state index < -0.39 is 5.97 Å². The summed E-state index contributed by atoms with van der Waals surface area (Å²) in [5, 5.41) is 13.7. The summed E-state index contributed by atoms with van der Waals surface area (Å²) in [7, 11) is 0. The Kier molecular flexibility index (Phi) is 30.7. The molecule has 0 aliphatic heterocycles. The summed E-state index contributed by atoms with van der Waals surface area (Å²) in [6.45, 7) is 14.1. The number of hydrogen-bond donors (Lipinski definition) is 4. The van der Waals surface area contributed by atoms with E-state index >= 15 is 0 Å². The van der Waals surface area contributed by atoms with Gasteiger partial charge in [-0.05, 0) is 18.8 Å². The van der Waals surface area contributed by atoms with Crippen LogP contribution < -0.4 is 16.4 Å². The third kappa shape index (κ3) is 37.5. The Morgan fingerprint density at radius 2 is 1.23 bits per heavy atom. The molecule has 13 nitrogen and oxygen atoms in total. The molecule has 0 aromatic rings. The first-order valence-electron chi connectivity index (χ1n) is 13.7. The van der Waals surface area contributed by atoms with Crippen LogP contribution in [0.3, 0.4) is 0 Å². The fourth-order valence-corrected chi connectivity index (χ4v) is 2.48. The van der Waals surface area contributed by atoms with Crippen molar-refractivity contribution in [1.82, 2.24) is 10.6 Å². The highest BCUT2D eigenvalue weighted by Crippen LogP contribution is 2.23. The molecule has 13 heteroatoms. The number of carboxylic acid groups (broad SMARTS) is 1. The van der Waals surface area contributed by atoms with Crippen LogP contribution in [0, 0.1) is 5.41 Å². The van der Waals surface area contributed by atoms with E-state index in [1.807, 2.05) is 27.7 Å². The Morgan fingerprint density at radius 1 is 0.750 bits per heavy atom. The second-order valence-corrected chi connectivity index (χ2v) is 9.14. The number of Topliss-reactive ketones (excluding diaryl/α,β-unsaturated/α-hetero) is 1. The summed E-state index contributed by atoms with van der Waals surface area (Å²) in [5.74, 6) is -1.65. The summed E-state index contributed by atoms with van der Waals surface area (Å²) >= 11 is 0. The van der Waals surface area contributed by atoms with Gasteiger partial charge in [0.25, 0.3) is 0 Å². The molecule has 0 heterocycles. The topological polar surface area (TPSA) is 193 Å². The van der Waals surface area contributed by atoms with Gasteiger partial charge in [-0.25, -0.2) is 0 Å². The zero-order chi connectivity index (χ0) is 31.2. The third-order valence-electron chi connectivity index (χ3n) is 4.82. The minimum atomic E-state index is -0.921. The van der Waals surface area contributed by atoms with Crippen molar-refractivity contribution in [2.75, 3.05) is 65.9 Å². The fourth-order valence-electron chi connectivity index (χ4n) is 2.48. The third-order valence-corrected chi connectivity index (χ3v) is 4.82. The summed E-state index contributed by atoms with van der Waals surface area (Å²) < 4.78 is 20.7. The smallest absolute Gasteiger partial charge is 0.303 e. The van der Waals surface area contributed by atoms with Crippen molar-refractivity contribution in [2.24, 2.45) is 11.1 Å². The Hall–Kier alpha value is -2.61. The van der Waals surface area contributed by atoms with Gasteiger partial charge in [0.15, 0.2) is 5.78 Å². The molecule has 0 aromatic carbocycles. The Labute approximate surface area is 239 Å². The van der Waals surface area contributed by atoms with E-state index in [4.69, 9.17) is 29.8 Å². The molecule has 0 aliphatic rings. The van der Waals surface area contributed by atoms with Crippen LogP contribution in [0.25, 0.3) is 0 Å². The Balaban J connectivity index is -0.00000105. The number of nitrogens with one attached hydrogen (secondary N) is 2. The van der Waals surface area contributed by atoms with Crippen molar-refractivity contribution >= 4 is 29.5 Å². The second-order valence-electron chi connectivity index (χ2n) is 9.14. The van der Waals surface area contributed by atoms with Crippen molar-refractivity contribution in [2.45, 2.75) is 73.6 Å². The highest BCUT2D eigenvalue weighted by Gasteiger charge is 2.17. The van der Waals surface area contributed by atoms with Crippen LogP contribution in [0.5, 0.6) is 0 Å². The maximum absolute atomic E-state index is 11.5. The molecule has 0 aromatic heterocycles. The van der Waals surface area contributed by atoms with Gasteiger partial charge < -0.3 is 40.4 Å². The van der Waals surface area contributed by atoms with Gasteiger partial charge in [-0.1, -0.05) is 41.0 Å². The van der Waals surface area contributed by atoms with E-state index in [1.165, 1.54) is 6.92 Å². The van der Waals surface area contributed by atoms with E-state index in [-0.39, 0.29) is 68.2 Å². The molecule has 0 spiro atoms. The van der Waals surface area contributed by atoms with Crippen LogP contribution in [-0.4, -0.2) is 101 Å². The number of amides is 3. The molecule has 5 N–H and O–H groups in total. The largest absolute Gasteiger partial charge is 0.481 e. The monoisotopic (exact) mass is 579 g/mol.